The minimum atomic E-state index is -0.315. The van der Waals surface area contributed by atoms with Crippen molar-refractivity contribution in [3.63, 3.8) is 0 Å². The SMILES string of the molecule is NC(=NCc1ccnc(Oc2ccc(F)cc2)c1)Nc1ccccc1. The summed E-state index contributed by atoms with van der Waals surface area (Å²) in [4.78, 5) is 8.44. The Labute approximate surface area is 145 Å². The van der Waals surface area contributed by atoms with Crippen molar-refractivity contribution < 1.29 is 9.13 Å². The van der Waals surface area contributed by atoms with Crippen LogP contribution >= 0.6 is 0 Å². The number of para-hydroxylation sites is 1. The van der Waals surface area contributed by atoms with E-state index in [1.807, 2.05) is 36.4 Å². The predicted octanol–water partition coefficient (Wildman–Crippen LogP) is 3.94. The van der Waals surface area contributed by atoms with Crippen LogP contribution in [0.15, 0.2) is 77.9 Å². The van der Waals surface area contributed by atoms with E-state index in [0.717, 1.165) is 11.3 Å². The number of ether oxygens (including phenoxy) is 1. The van der Waals surface area contributed by atoms with Gasteiger partial charge in [0, 0.05) is 18.0 Å². The number of guanidine groups is 1. The van der Waals surface area contributed by atoms with Crippen LogP contribution in [0.3, 0.4) is 0 Å². The molecule has 3 aromatic rings. The average Bonchev–Trinajstić information content (AvgIpc) is 2.63. The van der Waals surface area contributed by atoms with Crippen LogP contribution in [0.2, 0.25) is 0 Å². The summed E-state index contributed by atoms with van der Waals surface area (Å²) >= 11 is 0. The summed E-state index contributed by atoms with van der Waals surface area (Å²) in [6.45, 7) is 0.383. The molecule has 0 radical (unpaired) electrons. The lowest BCUT2D eigenvalue weighted by Gasteiger charge is -2.07. The fourth-order valence-electron chi connectivity index (χ4n) is 2.11. The molecule has 0 aliphatic carbocycles. The Morgan fingerprint density at radius 1 is 1.08 bits per heavy atom. The van der Waals surface area contributed by atoms with Crippen molar-refractivity contribution in [3.8, 4) is 11.6 Å². The molecule has 0 aliphatic rings. The number of halogens is 1. The molecule has 0 unspecified atom stereocenters. The monoisotopic (exact) mass is 336 g/mol. The number of nitrogens with zero attached hydrogens (tertiary/aromatic N) is 2. The van der Waals surface area contributed by atoms with Crippen LogP contribution in [-0.4, -0.2) is 10.9 Å². The number of pyridine rings is 1. The second-order valence-electron chi connectivity index (χ2n) is 5.25. The van der Waals surface area contributed by atoms with Crippen LogP contribution in [-0.2, 0) is 6.54 Å². The zero-order chi connectivity index (χ0) is 17.5. The summed E-state index contributed by atoms with van der Waals surface area (Å²) in [5.74, 6) is 0.933. The van der Waals surface area contributed by atoms with Gasteiger partial charge in [-0.15, -0.1) is 0 Å². The van der Waals surface area contributed by atoms with Gasteiger partial charge in [-0.1, -0.05) is 18.2 Å². The largest absolute Gasteiger partial charge is 0.439 e. The third kappa shape index (κ3) is 5.04. The van der Waals surface area contributed by atoms with Gasteiger partial charge in [-0.3, -0.25) is 0 Å². The highest BCUT2D eigenvalue weighted by atomic mass is 19.1. The predicted molar refractivity (Wildman–Crippen MR) is 96.1 cm³/mol. The first-order valence-electron chi connectivity index (χ1n) is 7.69. The number of hydrogen-bond acceptors (Lipinski definition) is 3. The summed E-state index contributed by atoms with van der Waals surface area (Å²) in [6.07, 6.45) is 1.63. The van der Waals surface area contributed by atoms with Crippen molar-refractivity contribution in [2.24, 2.45) is 10.7 Å². The molecule has 0 fully saturated rings. The Hall–Kier alpha value is -3.41. The normalized spacial score (nSPS) is 11.2. The molecule has 3 N–H and O–H groups in total. The molecule has 5 nitrogen and oxygen atoms in total. The molecule has 2 aromatic carbocycles. The highest BCUT2D eigenvalue weighted by Crippen LogP contribution is 2.20. The van der Waals surface area contributed by atoms with E-state index < -0.39 is 0 Å². The average molecular weight is 336 g/mol. The number of benzene rings is 2. The molecule has 0 bridgehead atoms. The maximum Gasteiger partial charge on any atom is 0.219 e. The van der Waals surface area contributed by atoms with E-state index in [0.29, 0.717) is 24.1 Å². The molecule has 1 heterocycles. The number of aromatic nitrogens is 1. The fourth-order valence-corrected chi connectivity index (χ4v) is 2.11. The lowest BCUT2D eigenvalue weighted by atomic mass is 10.2. The van der Waals surface area contributed by atoms with E-state index in [4.69, 9.17) is 10.5 Å². The van der Waals surface area contributed by atoms with Gasteiger partial charge in [-0.25, -0.2) is 14.4 Å². The molecular formula is C19H17FN4O. The van der Waals surface area contributed by atoms with Gasteiger partial charge in [0.25, 0.3) is 0 Å². The second kappa shape index (κ2) is 7.92. The van der Waals surface area contributed by atoms with Gasteiger partial charge in [0.1, 0.15) is 11.6 Å². The summed E-state index contributed by atoms with van der Waals surface area (Å²) in [7, 11) is 0. The molecule has 126 valence electrons. The minimum absolute atomic E-state index is 0.315. The second-order valence-corrected chi connectivity index (χ2v) is 5.25. The number of nitrogens with one attached hydrogen (secondary N) is 1. The van der Waals surface area contributed by atoms with Crippen LogP contribution in [0.25, 0.3) is 0 Å². The molecule has 0 spiro atoms. The summed E-state index contributed by atoms with van der Waals surface area (Å²) in [5, 5.41) is 3.02. The van der Waals surface area contributed by atoms with Gasteiger partial charge < -0.3 is 15.8 Å². The Morgan fingerprint density at radius 2 is 1.84 bits per heavy atom. The van der Waals surface area contributed by atoms with Crippen molar-refractivity contribution in [1.82, 2.24) is 4.98 Å². The minimum Gasteiger partial charge on any atom is -0.439 e. The first kappa shape index (κ1) is 16.4. The van der Waals surface area contributed by atoms with E-state index in [2.05, 4.69) is 15.3 Å². The van der Waals surface area contributed by atoms with Gasteiger partial charge >= 0.3 is 0 Å². The Kier molecular flexibility index (Phi) is 5.21. The quantitative estimate of drug-likeness (QED) is 0.547. The zero-order valence-electron chi connectivity index (χ0n) is 13.4. The van der Waals surface area contributed by atoms with E-state index in [1.54, 1.807) is 24.4 Å². The van der Waals surface area contributed by atoms with Gasteiger partial charge in [-0.2, -0.15) is 0 Å². The molecule has 0 aliphatic heterocycles. The molecule has 0 atom stereocenters. The van der Waals surface area contributed by atoms with Crippen molar-refractivity contribution >= 4 is 11.6 Å². The number of rotatable bonds is 5. The Bertz CT molecular complexity index is 851. The van der Waals surface area contributed by atoms with Gasteiger partial charge in [0.15, 0.2) is 5.96 Å². The van der Waals surface area contributed by atoms with Crippen LogP contribution in [0.4, 0.5) is 10.1 Å². The Balaban J connectivity index is 1.63. The van der Waals surface area contributed by atoms with Crippen molar-refractivity contribution in [1.29, 1.82) is 0 Å². The fraction of sp³-hybridized carbons (Fsp3) is 0.0526. The highest BCUT2D eigenvalue weighted by molar-refractivity contribution is 5.92. The van der Waals surface area contributed by atoms with Gasteiger partial charge in [-0.05, 0) is 48.0 Å². The van der Waals surface area contributed by atoms with Crippen LogP contribution in [0, 0.1) is 5.82 Å². The summed E-state index contributed by atoms with van der Waals surface area (Å²) in [5.41, 5.74) is 7.65. The standard InChI is InChI=1S/C19H17FN4O/c20-15-6-8-17(9-7-15)25-18-12-14(10-11-22-18)13-23-19(21)24-16-4-2-1-3-5-16/h1-12H,13H2,(H3,21,23,24). The molecule has 1 aromatic heterocycles. The van der Waals surface area contributed by atoms with Crippen LogP contribution in [0.1, 0.15) is 5.56 Å². The third-order valence-electron chi connectivity index (χ3n) is 3.31. The van der Waals surface area contributed by atoms with Gasteiger partial charge in [0.2, 0.25) is 5.88 Å². The lowest BCUT2D eigenvalue weighted by molar-refractivity contribution is 0.460. The molecule has 0 saturated carbocycles. The van der Waals surface area contributed by atoms with E-state index in [9.17, 15) is 4.39 Å². The first-order chi connectivity index (χ1) is 12.2. The highest BCUT2D eigenvalue weighted by Gasteiger charge is 2.02. The molecule has 6 heteroatoms. The zero-order valence-corrected chi connectivity index (χ0v) is 13.4. The van der Waals surface area contributed by atoms with E-state index in [1.165, 1.54) is 12.1 Å². The van der Waals surface area contributed by atoms with Crippen molar-refractivity contribution in [3.05, 3.63) is 84.3 Å². The molecule has 0 amide bonds. The first-order valence-corrected chi connectivity index (χ1v) is 7.69. The lowest BCUT2D eigenvalue weighted by Crippen LogP contribution is -2.22. The topological polar surface area (TPSA) is 72.5 Å². The number of nitrogens with two attached hydrogens (primary N) is 1. The number of hydrogen-bond donors (Lipinski definition) is 2. The summed E-state index contributed by atoms with van der Waals surface area (Å²) < 4.78 is 18.5. The molecular weight excluding hydrogens is 319 g/mol. The number of aliphatic imine (C=N–C) groups is 1. The van der Waals surface area contributed by atoms with Crippen LogP contribution in [0.5, 0.6) is 11.6 Å². The third-order valence-corrected chi connectivity index (χ3v) is 3.31. The molecule has 25 heavy (non-hydrogen) atoms. The van der Waals surface area contributed by atoms with Crippen molar-refractivity contribution in [2.45, 2.75) is 6.54 Å². The number of anilines is 1. The maximum absolute atomic E-state index is 12.9. The van der Waals surface area contributed by atoms with Gasteiger partial charge in [0.05, 0.1) is 6.54 Å². The molecule has 3 rings (SSSR count). The maximum atomic E-state index is 12.9. The summed E-state index contributed by atoms with van der Waals surface area (Å²) in [6, 6.07) is 18.9. The van der Waals surface area contributed by atoms with Crippen molar-refractivity contribution in [2.75, 3.05) is 5.32 Å². The van der Waals surface area contributed by atoms with Crippen LogP contribution < -0.4 is 15.8 Å². The van der Waals surface area contributed by atoms with E-state index >= 15 is 0 Å². The molecule has 0 saturated heterocycles. The Morgan fingerprint density at radius 3 is 2.60 bits per heavy atom. The van der Waals surface area contributed by atoms with E-state index in [-0.39, 0.29) is 5.82 Å². The smallest absolute Gasteiger partial charge is 0.219 e.